The molecule has 26 heavy (non-hydrogen) atoms. The van der Waals surface area contributed by atoms with Crippen LogP contribution in [0, 0.1) is 6.92 Å². The average molecular weight is 396 g/mol. The topological polar surface area (TPSA) is 92.4 Å². The minimum absolute atomic E-state index is 0.109. The molecule has 0 bridgehead atoms. The lowest BCUT2D eigenvalue weighted by atomic mass is 10.1. The maximum atomic E-state index is 13.1. The second-order valence-electron chi connectivity index (χ2n) is 6.21. The number of nitrogens with two attached hydrogens (primary N) is 1. The molecule has 1 aromatic heterocycles. The van der Waals surface area contributed by atoms with E-state index < -0.39 is 10.0 Å². The molecule has 1 aliphatic heterocycles. The number of rotatable bonds is 4. The number of benzene rings is 1. The number of hydrogen-bond donors (Lipinski definition) is 1. The van der Waals surface area contributed by atoms with Gasteiger partial charge in [0.05, 0.1) is 10.7 Å². The van der Waals surface area contributed by atoms with Crippen molar-refractivity contribution in [3.63, 3.8) is 0 Å². The third-order valence-corrected chi connectivity index (χ3v) is 7.02. The summed E-state index contributed by atoms with van der Waals surface area (Å²) in [6, 6.07) is 4.95. The lowest BCUT2D eigenvalue weighted by Crippen LogP contribution is -2.48. The predicted octanol–water partition coefficient (Wildman–Crippen LogP) is 2.01. The number of aryl methyl sites for hydroxylation is 1. The molecule has 0 spiro atoms. The normalized spacial score (nSPS) is 16.7. The van der Waals surface area contributed by atoms with Crippen LogP contribution in [0.3, 0.4) is 0 Å². The van der Waals surface area contributed by atoms with E-state index in [9.17, 15) is 8.42 Å². The van der Waals surface area contributed by atoms with Crippen LogP contribution in [0.15, 0.2) is 29.3 Å². The van der Waals surface area contributed by atoms with Crippen LogP contribution in [0.2, 0.25) is 5.02 Å². The third-order valence-electron chi connectivity index (χ3n) is 4.64. The summed E-state index contributed by atoms with van der Waals surface area (Å²) < 4.78 is 27.7. The van der Waals surface area contributed by atoms with Crippen molar-refractivity contribution in [1.82, 2.24) is 19.2 Å². The maximum absolute atomic E-state index is 13.1. The largest absolute Gasteiger partial charge is 0.368 e. The molecule has 0 atom stereocenters. The van der Waals surface area contributed by atoms with Crippen LogP contribution >= 0.6 is 11.6 Å². The first-order chi connectivity index (χ1) is 12.3. The first-order valence-electron chi connectivity index (χ1n) is 8.44. The summed E-state index contributed by atoms with van der Waals surface area (Å²) in [4.78, 5) is 10.5. The number of likely N-dealkylation sites (N-methyl/N-ethyl adjacent to an activating group) is 1. The van der Waals surface area contributed by atoms with Crippen LogP contribution in [-0.4, -0.2) is 60.3 Å². The molecule has 1 fully saturated rings. The second kappa shape index (κ2) is 7.48. The number of piperazine rings is 1. The van der Waals surface area contributed by atoms with Crippen molar-refractivity contribution in [3.05, 3.63) is 35.1 Å². The fourth-order valence-electron chi connectivity index (χ4n) is 3.06. The number of nitrogen functional groups attached to an aromatic ring is 1. The molecule has 140 valence electrons. The van der Waals surface area contributed by atoms with Crippen LogP contribution in [0.5, 0.6) is 0 Å². The van der Waals surface area contributed by atoms with Gasteiger partial charge in [-0.1, -0.05) is 24.6 Å². The van der Waals surface area contributed by atoms with E-state index in [0.717, 1.165) is 25.2 Å². The van der Waals surface area contributed by atoms with Crippen LogP contribution in [0.4, 0.5) is 5.95 Å². The Kier molecular flexibility index (Phi) is 5.47. The van der Waals surface area contributed by atoms with Crippen LogP contribution in [0.1, 0.15) is 12.6 Å². The summed E-state index contributed by atoms with van der Waals surface area (Å²) >= 11 is 6.24. The Hall–Kier alpha value is -1.74. The van der Waals surface area contributed by atoms with Gasteiger partial charge in [-0.2, -0.15) is 4.31 Å². The monoisotopic (exact) mass is 395 g/mol. The van der Waals surface area contributed by atoms with E-state index in [2.05, 4.69) is 21.8 Å². The van der Waals surface area contributed by atoms with Crippen molar-refractivity contribution < 1.29 is 8.42 Å². The predicted molar refractivity (Wildman–Crippen MR) is 103 cm³/mol. The Morgan fingerprint density at radius 1 is 1.23 bits per heavy atom. The number of hydrogen-bond acceptors (Lipinski definition) is 6. The van der Waals surface area contributed by atoms with Crippen LogP contribution in [0.25, 0.3) is 11.1 Å². The summed E-state index contributed by atoms with van der Waals surface area (Å²) in [6.07, 6.45) is 1.59. The second-order valence-corrected chi connectivity index (χ2v) is 8.52. The SMILES string of the molecule is CCN1CCN(S(=O)(=O)c2cc(-c3cnc(N)nc3C)ccc2Cl)CC1. The average Bonchev–Trinajstić information content (AvgIpc) is 2.62. The van der Waals surface area contributed by atoms with Gasteiger partial charge < -0.3 is 10.6 Å². The summed E-state index contributed by atoms with van der Waals surface area (Å²) in [5, 5.41) is 0.209. The summed E-state index contributed by atoms with van der Waals surface area (Å²) in [5.74, 6) is 0.182. The highest BCUT2D eigenvalue weighted by molar-refractivity contribution is 7.89. The molecule has 2 N–H and O–H groups in total. The van der Waals surface area contributed by atoms with Crippen molar-refractivity contribution >= 4 is 27.6 Å². The number of sulfonamides is 1. The summed E-state index contributed by atoms with van der Waals surface area (Å²) in [7, 11) is -3.67. The van der Waals surface area contributed by atoms with E-state index in [1.807, 2.05) is 0 Å². The highest BCUT2D eigenvalue weighted by Gasteiger charge is 2.30. The molecule has 3 rings (SSSR count). The van der Waals surface area contributed by atoms with Crippen molar-refractivity contribution in [2.45, 2.75) is 18.7 Å². The molecule has 1 aromatic carbocycles. The molecule has 0 radical (unpaired) electrons. The van der Waals surface area contributed by atoms with Gasteiger partial charge in [-0.05, 0) is 31.2 Å². The van der Waals surface area contributed by atoms with Gasteiger partial charge in [0, 0.05) is 37.9 Å². The number of halogens is 1. The Balaban J connectivity index is 1.97. The molecule has 2 aromatic rings. The first-order valence-corrected chi connectivity index (χ1v) is 10.3. The molecule has 0 saturated carbocycles. The quantitative estimate of drug-likeness (QED) is 0.851. The minimum Gasteiger partial charge on any atom is -0.368 e. The molecule has 1 aliphatic rings. The Labute approximate surface area is 158 Å². The Morgan fingerprint density at radius 3 is 2.54 bits per heavy atom. The number of nitrogens with zero attached hydrogens (tertiary/aromatic N) is 4. The van der Waals surface area contributed by atoms with E-state index in [-0.39, 0.29) is 15.9 Å². The zero-order valence-electron chi connectivity index (χ0n) is 14.8. The molecule has 0 aliphatic carbocycles. The van der Waals surface area contributed by atoms with Crippen LogP contribution < -0.4 is 5.73 Å². The fourth-order valence-corrected chi connectivity index (χ4v) is 4.98. The number of anilines is 1. The lowest BCUT2D eigenvalue weighted by molar-refractivity contribution is 0.196. The fraction of sp³-hybridized carbons (Fsp3) is 0.412. The van der Waals surface area contributed by atoms with Gasteiger partial charge in [0.2, 0.25) is 16.0 Å². The molecule has 2 heterocycles. The van der Waals surface area contributed by atoms with E-state index in [1.54, 1.807) is 31.3 Å². The van der Waals surface area contributed by atoms with Gasteiger partial charge in [-0.25, -0.2) is 18.4 Å². The van der Waals surface area contributed by atoms with Gasteiger partial charge >= 0.3 is 0 Å². The van der Waals surface area contributed by atoms with Gasteiger partial charge in [0.15, 0.2) is 0 Å². The highest BCUT2D eigenvalue weighted by atomic mass is 35.5. The smallest absolute Gasteiger partial charge is 0.244 e. The van der Waals surface area contributed by atoms with Crippen molar-refractivity contribution in [1.29, 1.82) is 0 Å². The van der Waals surface area contributed by atoms with Gasteiger partial charge in [-0.3, -0.25) is 0 Å². The standard InChI is InChI=1S/C17H22ClN5O2S/c1-3-22-6-8-23(9-7-22)26(24,25)16-10-13(4-5-15(16)18)14-11-20-17(19)21-12(14)2/h4-5,10-11H,3,6-9H2,1-2H3,(H2,19,20,21). The zero-order chi connectivity index (χ0) is 18.9. The van der Waals surface area contributed by atoms with Gasteiger partial charge in [0.1, 0.15) is 4.90 Å². The summed E-state index contributed by atoms with van der Waals surface area (Å²) in [5.41, 5.74) is 7.70. The van der Waals surface area contributed by atoms with Crippen molar-refractivity contribution in [3.8, 4) is 11.1 Å². The Morgan fingerprint density at radius 2 is 1.92 bits per heavy atom. The summed E-state index contributed by atoms with van der Waals surface area (Å²) in [6.45, 7) is 7.15. The molecule has 1 saturated heterocycles. The van der Waals surface area contributed by atoms with E-state index in [0.29, 0.717) is 24.3 Å². The third kappa shape index (κ3) is 3.68. The molecular formula is C17H22ClN5O2S. The van der Waals surface area contributed by atoms with Gasteiger partial charge in [-0.15, -0.1) is 0 Å². The minimum atomic E-state index is -3.67. The van der Waals surface area contributed by atoms with Crippen molar-refractivity contribution in [2.75, 3.05) is 38.5 Å². The lowest BCUT2D eigenvalue weighted by Gasteiger charge is -2.33. The Bertz CT molecular complexity index is 911. The molecule has 0 unspecified atom stereocenters. The first kappa shape index (κ1) is 19.0. The van der Waals surface area contributed by atoms with E-state index in [1.165, 1.54) is 4.31 Å². The number of aromatic nitrogens is 2. The zero-order valence-corrected chi connectivity index (χ0v) is 16.4. The molecular weight excluding hydrogens is 374 g/mol. The van der Waals surface area contributed by atoms with E-state index in [4.69, 9.17) is 17.3 Å². The van der Waals surface area contributed by atoms with Crippen molar-refractivity contribution in [2.24, 2.45) is 0 Å². The molecule has 7 nitrogen and oxygen atoms in total. The molecule has 9 heteroatoms. The van der Waals surface area contributed by atoms with Gasteiger partial charge in [0.25, 0.3) is 0 Å². The molecule has 0 amide bonds. The van der Waals surface area contributed by atoms with Crippen LogP contribution in [-0.2, 0) is 10.0 Å². The maximum Gasteiger partial charge on any atom is 0.244 e. The highest BCUT2D eigenvalue weighted by Crippen LogP contribution is 2.31. The van der Waals surface area contributed by atoms with E-state index >= 15 is 0 Å².